The molecule has 98 valence electrons. The maximum absolute atomic E-state index is 12.7. The van der Waals surface area contributed by atoms with Gasteiger partial charge in [0.1, 0.15) is 11.6 Å². The molecule has 19 heavy (non-hydrogen) atoms. The summed E-state index contributed by atoms with van der Waals surface area (Å²) in [5.41, 5.74) is -0.608. The zero-order valence-electron chi connectivity index (χ0n) is 9.61. The van der Waals surface area contributed by atoms with Crippen molar-refractivity contribution in [2.75, 3.05) is 0 Å². The Balaban J connectivity index is 2.48. The van der Waals surface area contributed by atoms with Gasteiger partial charge in [-0.3, -0.25) is 4.79 Å². The number of hydrogen-bond donors (Lipinski definition) is 1. The highest BCUT2D eigenvalue weighted by atomic mass is 19.4. The van der Waals surface area contributed by atoms with Crippen molar-refractivity contribution in [2.45, 2.75) is 12.1 Å². The van der Waals surface area contributed by atoms with E-state index in [9.17, 15) is 18.0 Å². The number of carbonyl (C=O) groups is 1. The van der Waals surface area contributed by atoms with E-state index in [-0.39, 0.29) is 0 Å². The van der Waals surface area contributed by atoms with Gasteiger partial charge in [-0.05, 0) is 11.6 Å². The number of allylic oxidation sites excluding steroid dienone is 2. The molecule has 1 N–H and O–H groups in total. The minimum absolute atomic E-state index is 0.505. The van der Waals surface area contributed by atoms with Gasteiger partial charge in [0, 0.05) is 5.92 Å². The lowest BCUT2D eigenvalue weighted by atomic mass is 9.83. The number of carbonyl (C=O) groups excluding carboxylic acids is 1. The van der Waals surface area contributed by atoms with Gasteiger partial charge in [0.2, 0.25) is 5.91 Å². The van der Waals surface area contributed by atoms with Crippen LogP contribution in [0.1, 0.15) is 11.5 Å². The Labute approximate surface area is 107 Å². The average Bonchev–Trinajstić information content (AvgIpc) is 2.37. The summed E-state index contributed by atoms with van der Waals surface area (Å²) in [6, 6.07) is 9.95. The van der Waals surface area contributed by atoms with Gasteiger partial charge >= 0.3 is 6.18 Å². The Hall–Kier alpha value is -2.29. The summed E-state index contributed by atoms with van der Waals surface area (Å²) in [7, 11) is 0. The summed E-state index contributed by atoms with van der Waals surface area (Å²) in [6.45, 7) is 0. The van der Waals surface area contributed by atoms with Crippen molar-refractivity contribution in [1.29, 1.82) is 5.26 Å². The smallest absolute Gasteiger partial charge is 0.321 e. The molecule has 0 saturated carbocycles. The van der Waals surface area contributed by atoms with E-state index in [2.05, 4.69) is 0 Å². The molecule has 1 aromatic carbocycles. The molecule has 0 aliphatic carbocycles. The molecule has 0 fully saturated rings. The normalized spacial score (nSPS) is 23.3. The Kier molecular flexibility index (Phi) is 3.30. The molecule has 2 rings (SSSR count). The topological polar surface area (TPSA) is 52.9 Å². The van der Waals surface area contributed by atoms with Gasteiger partial charge in [-0.1, -0.05) is 30.3 Å². The second-order valence-electron chi connectivity index (χ2n) is 4.11. The number of nitrogens with one attached hydrogen (secondary N) is 1. The molecule has 1 aromatic rings. The second-order valence-corrected chi connectivity index (χ2v) is 4.11. The third kappa shape index (κ3) is 2.60. The van der Waals surface area contributed by atoms with E-state index in [1.54, 1.807) is 41.7 Å². The largest absolute Gasteiger partial charge is 0.431 e. The number of nitriles is 1. The second kappa shape index (κ2) is 4.76. The van der Waals surface area contributed by atoms with Crippen molar-refractivity contribution in [2.24, 2.45) is 5.92 Å². The quantitative estimate of drug-likeness (QED) is 0.849. The van der Waals surface area contributed by atoms with E-state index in [1.807, 2.05) is 0 Å². The summed E-state index contributed by atoms with van der Waals surface area (Å²) in [6.07, 6.45) is -3.74. The Bertz CT molecular complexity index is 557. The predicted molar refractivity (Wildman–Crippen MR) is 60.6 cm³/mol. The molecule has 0 unspecified atom stereocenters. The number of amides is 1. The van der Waals surface area contributed by atoms with Gasteiger partial charge in [-0.2, -0.15) is 18.4 Å². The van der Waals surface area contributed by atoms with Gasteiger partial charge in [0.25, 0.3) is 0 Å². The minimum Gasteiger partial charge on any atom is -0.321 e. The van der Waals surface area contributed by atoms with Crippen LogP contribution in [0, 0.1) is 17.2 Å². The summed E-state index contributed by atoms with van der Waals surface area (Å²) < 4.78 is 38.0. The Morgan fingerprint density at radius 3 is 2.37 bits per heavy atom. The van der Waals surface area contributed by atoms with Gasteiger partial charge in [-0.25, -0.2) is 0 Å². The third-order valence-corrected chi connectivity index (χ3v) is 2.87. The van der Waals surface area contributed by atoms with E-state index >= 15 is 0 Å². The first-order chi connectivity index (χ1) is 8.93. The molecule has 2 atom stereocenters. The maximum Gasteiger partial charge on any atom is 0.431 e. The monoisotopic (exact) mass is 266 g/mol. The van der Waals surface area contributed by atoms with E-state index in [0.717, 1.165) is 6.08 Å². The molecule has 1 heterocycles. The average molecular weight is 266 g/mol. The molecule has 1 amide bonds. The van der Waals surface area contributed by atoms with Crippen LogP contribution in [-0.4, -0.2) is 12.1 Å². The van der Waals surface area contributed by atoms with E-state index in [1.165, 1.54) is 0 Å². The zero-order valence-corrected chi connectivity index (χ0v) is 9.61. The van der Waals surface area contributed by atoms with Crippen LogP contribution in [0.4, 0.5) is 13.2 Å². The van der Waals surface area contributed by atoms with Crippen molar-refractivity contribution in [3.8, 4) is 6.07 Å². The molecule has 6 heteroatoms. The van der Waals surface area contributed by atoms with Crippen LogP contribution in [0.25, 0.3) is 0 Å². The molecule has 0 saturated heterocycles. The maximum atomic E-state index is 12.7. The van der Waals surface area contributed by atoms with E-state index in [4.69, 9.17) is 5.26 Å². The van der Waals surface area contributed by atoms with Crippen LogP contribution in [-0.2, 0) is 4.79 Å². The fourth-order valence-corrected chi connectivity index (χ4v) is 1.96. The molecule has 1 aliphatic rings. The minimum atomic E-state index is -4.64. The highest BCUT2D eigenvalue weighted by Crippen LogP contribution is 2.35. The molecular formula is C13H9F3N2O. The van der Waals surface area contributed by atoms with Gasteiger partial charge in [0.15, 0.2) is 0 Å². The standard InChI is InChI=1S/C13H9F3N2O/c14-13(15,16)11-6-9(8-4-2-1-3-5-8)10(7-17)12(19)18-11/h1-6,9-10H,(H,18,19)/t9-,10-/m0/s1. The number of benzene rings is 1. The number of halogens is 3. The first-order valence-electron chi connectivity index (χ1n) is 5.48. The molecular weight excluding hydrogens is 257 g/mol. The summed E-state index contributed by atoms with van der Waals surface area (Å²) in [4.78, 5) is 11.6. The molecule has 0 aromatic heterocycles. The highest BCUT2D eigenvalue weighted by molar-refractivity contribution is 5.85. The summed E-state index contributed by atoms with van der Waals surface area (Å²) >= 11 is 0. The van der Waals surface area contributed by atoms with Crippen LogP contribution in [0.2, 0.25) is 0 Å². The number of hydrogen-bond acceptors (Lipinski definition) is 2. The van der Waals surface area contributed by atoms with Gasteiger partial charge < -0.3 is 5.32 Å². The summed E-state index contributed by atoms with van der Waals surface area (Å²) in [5, 5.41) is 10.7. The van der Waals surface area contributed by atoms with Crippen molar-refractivity contribution in [3.05, 3.63) is 47.7 Å². The first-order valence-corrected chi connectivity index (χ1v) is 5.48. The van der Waals surface area contributed by atoms with Crippen molar-refractivity contribution >= 4 is 5.91 Å². The third-order valence-electron chi connectivity index (χ3n) is 2.87. The van der Waals surface area contributed by atoms with Gasteiger partial charge in [0.05, 0.1) is 6.07 Å². The predicted octanol–water partition coefficient (Wildman–Crippen LogP) is 2.49. The molecule has 0 spiro atoms. The van der Waals surface area contributed by atoms with E-state index < -0.39 is 29.6 Å². The van der Waals surface area contributed by atoms with E-state index in [0.29, 0.717) is 5.56 Å². The fraction of sp³-hybridized carbons (Fsp3) is 0.231. The Morgan fingerprint density at radius 1 is 1.21 bits per heavy atom. The SMILES string of the molecule is N#C[C@@H]1C(=O)NC(C(F)(F)F)=C[C@H]1c1ccccc1. The highest BCUT2D eigenvalue weighted by Gasteiger charge is 2.42. The van der Waals surface area contributed by atoms with Crippen LogP contribution in [0.3, 0.4) is 0 Å². The lowest BCUT2D eigenvalue weighted by molar-refractivity contribution is -0.130. The lowest BCUT2D eigenvalue weighted by Crippen LogP contribution is -2.41. The molecule has 0 radical (unpaired) electrons. The van der Waals surface area contributed by atoms with Crippen molar-refractivity contribution in [1.82, 2.24) is 5.32 Å². The molecule has 3 nitrogen and oxygen atoms in total. The summed E-state index contributed by atoms with van der Waals surface area (Å²) in [5.74, 6) is -2.98. The lowest BCUT2D eigenvalue weighted by Gasteiger charge is -2.27. The van der Waals surface area contributed by atoms with Crippen molar-refractivity contribution < 1.29 is 18.0 Å². The molecule has 0 bridgehead atoms. The zero-order chi connectivity index (χ0) is 14.0. The number of rotatable bonds is 1. The Morgan fingerprint density at radius 2 is 1.84 bits per heavy atom. The first kappa shape index (κ1) is 13.1. The van der Waals surface area contributed by atoms with Crippen LogP contribution >= 0.6 is 0 Å². The van der Waals surface area contributed by atoms with Crippen LogP contribution < -0.4 is 5.32 Å². The number of nitrogens with zero attached hydrogens (tertiary/aromatic N) is 1. The molecule has 1 aliphatic heterocycles. The number of alkyl halides is 3. The van der Waals surface area contributed by atoms with Gasteiger partial charge in [-0.15, -0.1) is 0 Å². The van der Waals surface area contributed by atoms with Crippen LogP contribution in [0.5, 0.6) is 0 Å². The fourth-order valence-electron chi connectivity index (χ4n) is 1.96. The van der Waals surface area contributed by atoms with Crippen LogP contribution in [0.15, 0.2) is 42.1 Å². The van der Waals surface area contributed by atoms with Crippen molar-refractivity contribution in [3.63, 3.8) is 0 Å².